The van der Waals surface area contributed by atoms with Gasteiger partial charge in [-0.1, -0.05) is 17.7 Å². The Morgan fingerprint density at radius 1 is 1.17 bits per heavy atom. The van der Waals surface area contributed by atoms with Crippen LogP contribution in [0.1, 0.15) is 0 Å². The number of carbonyl (C=O) groups excluding carboxylic acids is 1. The molecule has 4 nitrogen and oxygen atoms in total. The Labute approximate surface area is 137 Å². The van der Waals surface area contributed by atoms with Gasteiger partial charge in [-0.15, -0.1) is 0 Å². The maximum Gasteiger partial charge on any atom is 0.244 e. The summed E-state index contributed by atoms with van der Waals surface area (Å²) in [5, 5.41) is 5.65. The monoisotopic (exact) mass is 323 g/mol. The molecule has 0 saturated heterocycles. The van der Waals surface area contributed by atoms with E-state index in [4.69, 9.17) is 11.6 Å². The van der Waals surface area contributed by atoms with Gasteiger partial charge in [-0.05, 0) is 42.5 Å². The number of hydrogen-bond donors (Lipinski definition) is 2. The van der Waals surface area contributed by atoms with E-state index in [1.807, 2.05) is 65.5 Å². The zero-order valence-electron chi connectivity index (χ0n) is 12.2. The van der Waals surface area contributed by atoms with Gasteiger partial charge in [-0.25, -0.2) is 0 Å². The highest BCUT2D eigenvalue weighted by molar-refractivity contribution is 6.35. The lowest BCUT2D eigenvalue weighted by Crippen LogP contribution is -2.18. The largest absolute Gasteiger partial charge is 0.361 e. The van der Waals surface area contributed by atoms with E-state index >= 15 is 0 Å². The van der Waals surface area contributed by atoms with Crippen molar-refractivity contribution in [1.29, 1.82) is 0 Å². The van der Waals surface area contributed by atoms with Crippen LogP contribution in [-0.4, -0.2) is 15.5 Å². The quantitative estimate of drug-likeness (QED) is 0.576. The maximum absolute atomic E-state index is 12.3. The number of aromatic amines is 1. The second kappa shape index (κ2) is 5.48. The Kier molecular flexibility index (Phi) is 3.32. The van der Waals surface area contributed by atoms with Crippen LogP contribution in [0.25, 0.3) is 21.8 Å². The summed E-state index contributed by atoms with van der Waals surface area (Å²) >= 11 is 6.16. The van der Waals surface area contributed by atoms with E-state index in [1.165, 1.54) is 0 Å². The van der Waals surface area contributed by atoms with Gasteiger partial charge in [-0.2, -0.15) is 0 Å². The summed E-state index contributed by atoms with van der Waals surface area (Å²) < 4.78 is 1.89. The molecule has 2 aromatic heterocycles. The molecule has 23 heavy (non-hydrogen) atoms. The minimum atomic E-state index is -0.0719. The Balaban J connectivity index is 1.56. The summed E-state index contributed by atoms with van der Waals surface area (Å²) in [4.78, 5) is 15.4. The maximum atomic E-state index is 12.3. The van der Waals surface area contributed by atoms with E-state index in [1.54, 1.807) is 0 Å². The summed E-state index contributed by atoms with van der Waals surface area (Å²) in [5.74, 6) is -0.0719. The third-order valence-electron chi connectivity index (χ3n) is 3.91. The lowest BCUT2D eigenvalue weighted by atomic mass is 10.2. The van der Waals surface area contributed by atoms with Crippen molar-refractivity contribution in [3.05, 3.63) is 65.9 Å². The molecule has 0 saturated carbocycles. The molecule has 0 aliphatic heterocycles. The number of aromatic nitrogens is 2. The minimum absolute atomic E-state index is 0.0719. The molecule has 2 heterocycles. The van der Waals surface area contributed by atoms with E-state index in [2.05, 4.69) is 10.3 Å². The third-order valence-corrected chi connectivity index (χ3v) is 4.24. The first-order valence-corrected chi connectivity index (χ1v) is 7.69. The standard InChI is InChI=1S/C18H14ClN3O/c19-15-2-1-3-17-14(15)7-9-22(17)11-18(23)21-13-4-5-16-12(10-13)6-8-20-16/h1-10,20H,11H2,(H,21,23). The van der Waals surface area contributed by atoms with Crippen LogP contribution in [0.5, 0.6) is 0 Å². The molecule has 0 aliphatic rings. The van der Waals surface area contributed by atoms with Gasteiger partial charge in [0.25, 0.3) is 0 Å². The van der Waals surface area contributed by atoms with Gasteiger partial charge in [0.15, 0.2) is 0 Å². The van der Waals surface area contributed by atoms with Gasteiger partial charge in [0.05, 0.1) is 0 Å². The number of benzene rings is 2. The lowest BCUT2D eigenvalue weighted by molar-refractivity contribution is -0.116. The number of nitrogens with zero attached hydrogens (tertiary/aromatic N) is 1. The summed E-state index contributed by atoms with van der Waals surface area (Å²) in [6.07, 6.45) is 3.76. The first-order chi connectivity index (χ1) is 11.2. The number of hydrogen-bond acceptors (Lipinski definition) is 1. The van der Waals surface area contributed by atoms with Crippen molar-refractivity contribution >= 4 is 45.0 Å². The van der Waals surface area contributed by atoms with Crippen molar-refractivity contribution in [3.63, 3.8) is 0 Å². The number of rotatable bonds is 3. The normalized spacial score (nSPS) is 11.2. The molecule has 0 radical (unpaired) electrons. The first kappa shape index (κ1) is 13.9. The molecule has 114 valence electrons. The minimum Gasteiger partial charge on any atom is -0.361 e. The molecule has 4 rings (SSSR count). The second-order valence-electron chi connectivity index (χ2n) is 5.44. The number of anilines is 1. The predicted molar refractivity (Wildman–Crippen MR) is 93.9 cm³/mol. The molecule has 0 unspecified atom stereocenters. The highest BCUT2D eigenvalue weighted by Crippen LogP contribution is 2.24. The Bertz CT molecular complexity index is 1020. The van der Waals surface area contributed by atoms with Crippen LogP contribution < -0.4 is 5.32 Å². The van der Waals surface area contributed by atoms with E-state index < -0.39 is 0 Å². The van der Waals surface area contributed by atoms with Crippen molar-refractivity contribution in [1.82, 2.24) is 9.55 Å². The van der Waals surface area contributed by atoms with Crippen molar-refractivity contribution < 1.29 is 4.79 Å². The number of amides is 1. The van der Waals surface area contributed by atoms with Crippen LogP contribution in [0.4, 0.5) is 5.69 Å². The smallest absolute Gasteiger partial charge is 0.244 e. The molecule has 0 aliphatic carbocycles. The number of fused-ring (bicyclic) bond motifs is 2. The van der Waals surface area contributed by atoms with Gasteiger partial charge in [0.2, 0.25) is 5.91 Å². The van der Waals surface area contributed by atoms with Crippen molar-refractivity contribution in [3.8, 4) is 0 Å². The molecule has 5 heteroatoms. The highest BCUT2D eigenvalue weighted by Gasteiger charge is 2.08. The molecule has 2 N–H and O–H groups in total. The molecule has 4 aromatic rings. The van der Waals surface area contributed by atoms with Crippen molar-refractivity contribution in [2.75, 3.05) is 5.32 Å². The number of halogens is 1. The van der Waals surface area contributed by atoms with Crippen LogP contribution in [0, 0.1) is 0 Å². The molecule has 0 spiro atoms. The zero-order valence-corrected chi connectivity index (χ0v) is 13.0. The summed E-state index contributed by atoms with van der Waals surface area (Å²) in [7, 11) is 0. The van der Waals surface area contributed by atoms with Gasteiger partial charge in [0.1, 0.15) is 6.54 Å². The molecular formula is C18H14ClN3O. The fourth-order valence-corrected chi connectivity index (χ4v) is 3.04. The predicted octanol–water partition coefficient (Wildman–Crippen LogP) is 4.41. The van der Waals surface area contributed by atoms with Gasteiger partial charge in [-0.3, -0.25) is 4.79 Å². The Hall–Kier alpha value is -2.72. The highest BCUT2D eigenvalue weighted by atomic mass is 35.5. The Morgan fingerprint density at radius 3 is 3.00 bits per heavy atom. The zero-order chi connectivity index (χ0) is 15.8. The third kappa shape index (κ3) is 2.58. The summed E-state index contributed by atoms with van der Waals surface area (Å²) in [5.41, 5.74) is 2.79. The first-order valence-electron chi connectivity index (χ1n) is 7.31. The fraction of sp³-hybridized carbons (Fsp3) is 0.0556. The van der Waals surface area contributed by atoms with Crippen molar-refractivity contribution in [2.45, 2.75) is 6.54 Å². The second-order valence-corrected chi connectivity index (χ2v) is 5.85. The van der Waals surface area contributed by atoms with Gasteiger partial charge in [0, 0.05) is 44.9 Å². The van der Waals surface area contributed by atoms with Crippen LogP contribution in [0.3, 0.4) is 0 Å². The van der Waals surface area contributed by atoms with Crippen LogP contribution in [0.15, 0.2) is 60.9 Å². The SMILES string of the molecule is O=C(Cn1ccc2c(Cl)cccc21)Nc1ccc2[nH]ccc2c1. The van der Waals surface area contributed by atoms with Crippen molar-refractivity contribution in [2.24, 2.45) is 0 Å². The molecule has 0 bridgehead atoms. The number of carbonyl (C=O) groups is 1. The molecule has 2 aromatic carbocycles. The van der Waals surface area contributed by atoms with Crippen LogP contribution >= 0.6 is 11.6 Å². The topological polar surface area (TPSA) is 49.8 Å². The van der Waals surface area contributed by atoms with E-state index in [9.17, 15) is 4.79 Å². The fourth-order valence-electron chi connectivity index (χ4n) is 2.81. The molecular weight excluding hydrogens is 310 g/mol. The average molecular weight is 324 g/mol. The van der Waals surface area contributed by atoms with Gasteiger partial charge >= 0.3 is 0 Å². The number of nitrogens with one attached hydrogen (secondary N) is 2. The summed E-state index contributed by atoms with van der Waals surface area (Å²) in [6.45, 7) is 0.245. The van der Waals surface area contributed by atoms with E-state index in [-0.39, 0.29) is 12.5 Å². The van der Waals surface area contributed by atoms with Gasteiger partial charge < -0.3 is 14.9 Å². The average Bonchev–Trinajstić information content (AvgIpc) is 3.15. The molecule has 1 amide bonds. The summed E-state index contributed by atoms with van der Waals surface area (Å²) in [6, 6.07) is 15.4. The van der Waals surface area contributed by atoms with E-state index in [0.29, 0.717) is 5.02 Å². The van der Waals surface area contributed by atoms with E-state index in [0.717, 1.165) is 27.5 Å². The number of H-pyrrole nitrogens is 1. The van der Waals surface area contributed by atoms with Crippen LogP contribution in [0.2, 0.25) is 5.02 Å². The molecule has 0 atom stereocenters. The lowest BCUT2D eigenvalue weighted by Gasteiger charge is -2.08. The molecule has 0 fully saturated rings. The van der Waals surface area contributed by atoms with Crippen LogP contribution in [-0.2, 0) is 11.3 Å². The Morgan fingerprint density at radius 2 is 2.09 bits per heavy atom.